The third-order valence-corrected chi connectivity index (χ3v) is 2.63. The lowest BCUT2D eigenvalue weighted by molar-refractivity contribution is -0.149. The molecule has 0 saturated carbocycles. The molecule has 1 aliphatic heterocycles. The number of hydrogen-bond acceptors (Lipinski definition) is 4. The van der Waals surface area contributed by atoms with Crippen LogP contribution in [0.15, 0.2) is 0 Å². The maximum Gasteiger partial charge on any atom is 0.310 e. The van der Waals surface area contributed by atoms with Crippen molar-refractivity contribution in [3.05, 3.63) is 0 Å². The number of carbonyl (C=O) groups is 1. The van der Waals surface area contributed by atoms with Crippen LogP contribution >= 0.6 is 12.2 Å². The Labute approximate surface area is 95.8 Å². The molecule has 86 valence electrons. The van der Waals surface area contributed by atoms with Crippen LogP contribution in [-0.4, -0.2) is 42.1 Å². The molecule has 1 atom stereocenters. The Morgan fingerprint density at radius 2 is 2.40 bits per heavy atom. The molecule has 0 bridgehead atoms. The second-order valence-corrected chi connectivity index (χ2v) is 4.32. The molecular weight excluding hydrogens is 212 g/mol. The first-order valence-corrected chi connectivity index (χ1v) is 5.71. The van der Waals surface area contributed by atoms with Crippen molar-refractivity contribution < 1.29 is 9.53 Å². The molecule has 0 aromatic heterocycles. The van der Waals surface area contributed by atoms with Gasteiger partial charge in [0.15, 0.2) is 0 Å². The highest BCUT2D eigenvalue weighted by atomic mass is 32.1. The van der Waals surface area contributed by atoms with Crippen LogP contribution in [0.25, 0.3) is 0 Å². The minimum absolute atomic E-state index is 0.00644. The molecule has 0 aromatic carbocycles. The van der Waals surface area contributed by atoms with E-state index in [1.54, 1.807) is 0 Å². The minimum atomic E-state index is -0.0925. The van der Waals surface area contributed by atoms with E-state index in [1.807, 2.05) is 6.92 Å². The summed E-state index contributed by atoms with van der Waals surface area (Å²) in [7, 11) is 0. The number of thiocarbonyl (C=S) groups is 1. The van der Waals surface area contributed by atoms with Crippen molar-refractivity contribution in [2.75, 3.05) is 26.2 Å². The molecule has 1 aliphatic rings. The van der Waals surface area contributed by atoms with Crippen molar-refractivity contribution in [2.45, 2.75) is 19.8 Å². The lowest BCUT2D eigenvalue weighted by atomic mass is 9.98. The van der Waals surface area contributed by atoms with E-state index in [0.717, 1.165) is 25.9 Å². The molecule has 0 radical (unpaired) electrons. The van der Waals surface area contributed by atoms with Gasteiger partial charge in [0.2, 0.25) is 0 Å². The number of carbonyl (C=O) groups excluding carboxylic acids is 1. The number of esters is 1. The Morgan fingerprint density at radius 1 is 1.67 bits per heavy atom. The lowest BCUT2D eigenvalue weighted by Gasteiger charge is -2.30. The molecule has 1 rings (SSSR count). The van der Waals surface area contributed by atoms with Crippen molar-refractivity contribution in [1.29, 1.82) is 0 Å². The van der Waals surface area contributed by atoms with Crippen LogP contribution in [0, 0.1) is 5.92 Å². The molecule has 1 heterocycles. The lowest BCUT2D eigenvalue weighted by Crippen LogP contribution is -2.42. The molecule has 0 aromatic rings. The van der Waals surface area contributed by atoms with Crippen LogP contribution < -0.4 is 5.73 Å². The summed E-state index contributed by atoms with van der Waals surface area (Å²) in [6, 6.07) is 0. The number of nitrogens with two attached hydrogens (primary N) is 1. The summed E-state index contributed by atoms with van der Waals surface area (Å²) in [6.07, 6.45) is 1.92. The quantitative estimate of drug-likeness (QED) is 0.564. The molecule has 1 saturated heterocycles. The van der Waals surface area contributed by atoms with Gasteiger partial charge < -0.3 is 10.5 Å². The third-order valence-electron chi connectivity index (χ3n) is 2.50. The zero-order chi connectivity index (χ0) is 11.3. The number of hydrogen-bond donors (Lipinski definition) is 1. The van der Waals surface area contributed by atoms with E-state index in [9.17, 15) is 4.79 Å². The predicted molar refractivity (Wildman–Crippen MR) is 62.6 cm³/mol. The van der Waals surface area contributed by atoms with Gasteiger partial charge in [0.1, 0.15) is 0 Å². The average Bonchev–Trinajstić information content (AvgIpc) is 2.17. The van der Waals surface area contributed by atoms with Crippen LogP contribution in [0.5, 0.6) is 0 Å². The fourth-order valence-corrected chi connectivity index (χ4v) is 2.05. The van der Waals surface area contributed by atoms with E-state index in [-0.39, 0.29) is 11.9 Å². The van der Waals surface area contributed by atoms with Gasteiger partial charge in [-0.2, -0.15) is 0 Å². The van der Waals surface area contributed by atoms with Gasteiger partial charge in [0.05, 0.1) is 17.5 Å². The van der Waals surface area contributed by atoms with Gasteiger partial charge in [-0.15, -0.1) is 0 Å². The van der Waals surface area contributed by atoms with Gasteiger partial charge in [-0.1, -0.05) is 12.2 Å². The first kappa shape index (κ1) is 12.4. The van der Waals surface area contributed by atoms with E-state index in [2.05, 4.69) is 4.90 Å². The van der Waals surface area contributed by atoms with E-state index in [4.69, 9.17) is 22.7 Å². The van der Waals surface area contributed by atoms with Gasteiger partial charge in [-0.05, 0) is 26.3 Å². The summed E-state index contributed by atoms with van der Waals surface area (Å²) in [5, 5.41) is 0. The number of piperidine rings is 1. The Balaban J connectivity index is 2.41. The second kappa shape index (κ2) is 6.02. The highest BCUT2D eigenvalue weighted by molar-refractivity contribution is 7.80. The molecular formula is C10H18N2O2S. The van der Waals surface area contributed by atoms with Crippen LogP contribution in [0.4, 0.5) is 0 Å². The molecule has 2 N–H and O–H groups in total. The normalized spacial score (nSPS) is 22.3. The second-order valence-electron chi connectivity index (χ2n) is 3.79. The zero-order valence-corrected chi connectivity index (χ0v) is 9.89. The van der Waals surface area contributed by atoms with Gasteiger partial charge in [0.25, 0.3) is 0 Å². The molecule has 0 amide bonds. The Kier molecular flexibility index (Phi) is 4.98. The van der Waals surface area contributed by atoms with Crippen LogP contribution in [-0.2, 0) is 9.53 Å². The fraction of sp³-hybridized carbons (Fsp3) is 0.800. The number of nitrogens with zero attached hydrogens (tertiary/aromatic N) is 1. The first-order valence-electron chi connectivity index (χ1n) is 5.30. The van der Waals surface area contributed by atoms with Crippen LogP contribution in [0.1, 0.15) is 19.8 Å². The minimum Gasteiger partial charge on any atom is -0.466 e. The molecule has 4 nitrogen and oxygen atoms in total. The summed E-state index contributed by atoms with van der Waals surface area (Å²) < 4.78 is 5.00. The van der Waals surface area contributed by atoms with Crippen molar-refractivity contribution in [2.24, 2.45) is 11.7 Å². The van der Waals surface area contributed by atoms with E-state index >= 15 is 0 Å². The van der Waals surface area contributed by atoms with Gasteiger partial charge in [0, 0.05) is 13.1 Å². The zero-order valence-electron chi connectivity index (χ0n) is 9.07. The molecule has 5 heteroatoms. The van der Waals surface area contributed by atoms with E-state index in [0.29, 0.717) is 18.1 Å². The largest absolute Gasteiger partial charge is 0.466 e. The number of ether oxygens (including phenoxy) is 1. The summed E-state index contributed by atoms with van der Waals surface area (Å²) >= 11 is 4.85. The first-order chi connectivity index (χ1) is 7.13. The van der Waals surface area contributed by atoms with Crippen molar-refractivity contribution >= 4 is 23.2 Å². The fourth-order valence-electron chi connectivity index (χ4n) is 1.87. The maximum atomic E-state index is 11.5. The molecule has 0 spiro atoms. The Hall–Kier alpha value is -0.680. The van der Waals surface area contributed by atoms with E-state index < -0.39 is 0 Å². The van der Waals surface area contributed by atoms with Crippen molar-refractivity contribution in [3.63, 3.8) is 0 Å². The average molecular weight is 230 g/mol. The van der Waals surface area contributed by atoms with Crippen molar-refractivity contribution in [3.8, 4) is 0 Å². The number of rotatable bonds is 4. The molecule has 15 heavy (non-hydrogen) atoms. The van der Waals surface area contributed by atoms with Gasteiger partial charge in [-0.3, -0.25) is 9.69 Å². The smallest absolute Gasteiger partial charge is 0.310 e. The number of likely N-dealkylation sites (tertiary alicyclic amines) is 1. The topological polar surface area (TPSA) is 55.6 Å². The van der Waals surface area contributed by atoms with E-state index in [1.165, 1.54) is 0 Å². The third kappa shape index (κ3) is 4.13. The summed E-state index contributed by atoms with van der Waals surface area (Å²) in [5.74, 6) is -0.0989. The van der Waals surface area contributed by atoms with Crippen LogP contribution in [0.2, 0.25) is 0 Å². The highest BCUT2D eigenvalue weighted by Gasteiger charge is 2.26. The summed E-state index contributed by atoms with van der Waals surface area (Å²) in [6.45, 7) is 4.56. The predicted octanol–water partition coefficient (Wildman–Crippen LogP) is 0.548. The van der Waals surface area contributed by atoms with Crippen molar-refractivity contribution in [1.82, 2.24) is 4.90 Å². The van der Waals surface area contributed by atoms with Gasteiger partial charge in [-0.25, -0.2) is 0 Å². The van der Waals surface area contributed by atoms with Gasteiger partial charge >= 0.3 is 5.97 Å². The SMILES string of the molecule is CCOC(=O)C1CCCN(CC(N)=S)C1. The molecule has 1 fully saturated rings. The monoisotopic (exact) mass is 230 g/mol. The Morgan fingerprint density at radius 3 is 3.00 bits per heavy atom. The summed E-state index contributed by atoms with van der Waals surface area (Å²) in [4.78, 5) is 14.1. The summed E-state index contributed by atoms with van der Waals surface area (Å²) in [5.41, 5.74) is 5.48. The Bertz CT molecular complexity index is 246. The highest BCUT2D eigenvalue weighted by Crippen LogP contribution is 2.17. The van der Waals surface area contributed by atoms with Crippen LogP contribution in [0.3, 0.4) is 0 Å². The maximum absolute atomic E-state index is 11.5. The molecule has 0 aliphatic carbocycles. The molecule has 1 unspecified atom stereocenters. The standard InChI is InChI=1S/C10H18N2O2S/c1-2-14-10(13)8-4-3-5-12(6-8)7-9(11)15/h8H,2-7H2,1H3,(H2,11,15).